The van der Waals surface area contributed by atoms with Crippen molar-refractivity contribution in [3.8, 4) is 0 Å². The highest BCUT2D eigenvalue weighted by Crippen LogP contribution is 2.38. The lowest BCUT2D eigenvalue weighted by molar-refractivity contribution is -0.138. The van der Waals surface area contributed by atoms with Crippen LogP contribution in [0, 0.1) is 5.41 Å². The van der Waals surface area contributed by atoms with Gasteiger partial charge in [-0.15, -0.1) is 24.0 Å². The van der Waals surface area contributed by atoms with E-state index in [-0.39, 0.29) is 35.3 Å². The first-order valence-corrected chi connectivity index (χ1v) is 9.91. The first kappa shape index (κ1) is 24.4. The summed E-state index contributed by atoms with van der Waals surface area (Å²) >= 11 is 0. The van der Waals surface area contributed by atoms with Crippen molar-refractivity contribution in [2.45, 2.75) is 44.6 Å². The zero-order valence-electron chi connectivity index (χ0n) is 17.4. The number of nitrogens with one attached hydrogen (secondary N) is 2. The zero-order valence-corrected chi connectivity index (χ0v) is 19.8. The predicted molar refractivity (Wildman–Crippen MR) is 121 cm³/mol. The Hall–Kier alpha value is -0.610. The van der Waals surface area contributed by atoms with E-state index in [1.807, 2.05) is 14.1 Å². The highest BCUT2D eigenvalue weighted by Gasteiger charge is 2.42. The molecule has 2 aliphatic rings. The summed E-state index contributed by atoms with van der Waals surface area (Å²) < 4.78 is 5.21. The minimum Gasteiger partial charge on any atom is -0.383 e. The highest BCUT2D eigenvalue weighted by atomic mass is 127. The van der Waals surface area contributed by atoms with E-state index in [4.69, 9.17) is 4.74 Å². The molecule has 1 amide bonds. The van der Waals surface area contributed by atoms with Gasteiger partial charge in [-0.2, -0.15) is 0 Å². The smallest absolute Gasteiger partial charge is 0.230 e. The molecule has 0 heterocycles. The summed E-state index contributed by atoms with van der Waals surface area (Å²) in [6.07, 6.45) is 6.77. The van der Waals surface area contributed by atoms with Crippen LogP contribution in [-0.4, -0.2) is 88.7 Å². The molecule has 0 aromatic heterocycles. The number of methoxy groups -OCH3 is 1. The van der Waals surface area contributed by atoms with E-state index in [1.165, 1.54) is 12.8 Å². The quantitative estimate of drug-likeness (QED) is 0.274. The molecule has 0 spiro atoms. The molecule has 0 saturated heterocycles. The normalized spacial score (nSPS) is 18.9. The van der Waals surface area contributed by atoms with Gasteiger partial charge < -0.3 is 20.3 Å². The van der Waals surface area contributed by atoms with E-state index in [2.05, 4.69) is 20.5 Å². The van der Waals surface area contributed by atoms with Crippen LogP contribution in [0.2, 0.25) is 0 Å². The van der Waals surface area contributed by atoms with Crippen LogP contribution in [0.5, 0.6) is 0 Å². The van der Waals surface area contributed by atoms with Crippen molar-refractivity contribution < 1.29 is 9.53 Å². The Labute approximate surface area is 181 Å². The lowest BCUT2D eigenvalue weighted by atomic mass is 9.84. The molecule has 2 aliphatic carbocycles. The Kier molecular flexibility index (Phi) is 10.9. The van der Waals surface area contributed by atoms with Gasteiger partial charge in [0.05, 0.1) is 12.0 Å². The van der Waals surface area contributed by atoms with Crippen LogP contribution < -0.4 is 10.6 Å². The average molecular weight is 495 g/mol. The molecule has 158 valence electrons. The van der Waals surface area contributed by atoms with Crippen molar-refractivity contribution in [2.24, 2.45) is 10.4 Å². The molecule has 0 aliphatic heterocycles. The van der Waals surface area contributed by atoms with Gasteiger partial charge in [-0.05, 0) is 25.7 Å². The van der Waals surface area contributed by atoms with Crippen molar-refractivity contribution in [2.75, 3.05) is 61.0 Å². The summed E-state index contributed by atoms with van der Waals surface area (Å²) in [5.74, 6) is 1.02. The molecule has 0 aromatic carbocycles. The molecular formula is C19H38IN5O2. The van der Waals surface area contributed by atoms with Crippen LogP contribution in [-0.2, 0) is 9.53 Å². The van der Waals surface area contributed by atoms with Gasteiger partial charge in [-0.1, -0.05) is 12.8 Å². The summed E-state index contributed by atoms with van der Waals surface area (Å²) in [6, 6.07) is 0.724. The summed E-state index contributed by atoms with van der Waals surface area (Å²) in [4.78, 5) is 21.2. The fourth-order valence-corrected chi connectivity index (χ4v) is 3.91. The molecule has 0 atom stereocenters. The first-order chi connectivity index (χ1) is 12.5. The van der Waals surface area contributed by atoms with Gasteiger partial charge in [0.2, 0.25) is 5.91 Å². The van der Waals surface area contributed by atoms with E-state index in [9.17, 15) is 4.79 Å². The molecule has 7 nitrogen and oxygen atoms in total. The van der Waals surface area contributed by atoms with Gasteiger partial charge >= 0.3 is 0 Å². The predicted octanol–water partition coefficient (Wildman–Crippen LogP) is 1.53. The second kappa shape index (κ2) is 12.1. The summed E-state index contributed by atoms with van der Waals surface area (Å²) in [7, 11) is 7.24. The van der Waals surface area contributed by atoms with Crippen LogP contribution in [0.1, 0.15) is 38.5 Å². The van der Waals surface area contributed by atoms with Crippen LogP contribution >= 0.6 is 24.0 Å². The third-order valence-corrected chi connectivity index (χ3v) is 5.58. The minimum atomic E-state index is -0.278. The first-order valence-electron chi connectivity index (χ1n) is 9.91. The topological polar surface area (TPSA) is 69.2 Å². The number of carbonyl (C=O) groups is 1. The van der Waals surface area contributed by atoms with Crippen LogP contribution in [0.4, 0.5) is 0 Å². The van der Waals surface area contributed by atoms with E-state index in [0.29, 0.717) is 6.54 Å². The number of halogens is 1. The number of amides is 1. The molecule has 2 saturated carbocycles. The largest absolute Gasteiger partial charge is 0.383 e. The molecule has 2 N–H and O–H groups in total. The van der Waals surface area contributed by atoms with Crippen molar-refractivity contribution >= 4 is 35.8 Å². The van der Waals surface area contributed by atoms with Crippen LogP contribution in [0.3, 0.4) is 0 Å². The number of hydrogen-bond donors (Lipinski definition) is 2. The number of rotatable bonds is 10. The second-order valence-corrected chi connectivity index (χ2v) is 7.80. The molecular weight excluding hydrogens is 457 g/mol. The summed E-state index contributed by atoms with van der Waals surface area (Å²) in [5.41, 5.74) is -0.278. The lowest BCUT2D eigenvalue weighted by Crippen LogP contribution is -2.50. The highest BCUT2D eigenvalue weighted by molar-refractivity contribution is 14.0. The summed E-state index contributed by atoms with van der Waals surface area (Å²) in [6.45, 7) is 4.23. The lowest BCUT2D eigenvalue weighted by Gasteiger charge is -2.31. The second-order valence-electron chi connectivity index (χ2n) is 7.80. The fraction of sp³-hybridized carbons (Fsp3) is 0.895. The van der Waals surface area contributed by atoms with Crippen LogP contribution in [0.15, 0.2) is 4.99 Å². The van der Waals surface area contributed by atoms with Crippen molar-refractivity contribution in [1.82, 2.24) is 20.4 Å². The molecule has 2 fully saturated rings. The van der Waals surface area contributed by atoms with Crippen molar-refractivity contribution in [1.29, 1.82) is 0 Å². The molecule has 0 unspecified atom stereocenters. The molecule has 0 bridgehead atoms. The van der Waals surface area contributed by atoms with Crippen molar-refractivity contribution in [3.63, 3.8) is 0 Å². The molecule has 0 aromatic rings. The number of aliphatic imine (C=N–C) groups is 1. The Morgan fingerprint density at radius 3 is 2.37 bits per heavy atom. The maximum Gasteiger partial charge on any atom is 0.230 e. The third kappa shape index (κ3) is 7.38. The Morgan fingerprint density at radius 2 is 1.85 bits per heavy atom. The molecule has 27 heavy (non-hydrogen) atoms. The maximum absolute atomic E-state index is 12.7. The minimum absolute atomic E-state index is 0. The van der Waals surface area contributed by atoms with Gasteiger partial charge in [0.15, 0.2) is 5.96 Å². The standard InChI is InChI=1S/C19H37N5O2.HI/c1-20-18(21-11-12-24(13-14-26-4)16-7-8-16)22-15-19(9-5-6-10-19)17(25)23(2)3;/h16H,5-15H2,1-4H3,(H2,20,21,22);1H. The number of guanidine groups is 1. The monoisotopic (exact) mass is 495 g/mol. The van der Waals surface area contributed by atoms with Gasteiger partial charge in [0.1, 0.15) is 0 Å². The molecule has 0 radical (unpaired) electrons. The van der Waals surface area contributed by atoms with E-state index >= 15 is 0 Å². The molecule has 2 rings (SSSR count). The maximum atomic E-state index is 12.7. The van der Waals surface area contributed by atoms with E-state index < -0.39 is 0 Å². The number of ether oxygens (including phenoxy) is 1. The van der Waals surface area contributed by atoms with Gasteiger partial charge in [0.25, 0.3) is 0 Å². The van der Waals surface area contributed by atoms with E-state index in [0.717, 1.165) is 63.9 Å². The average Bonchev–Trinajstić information content (AvgIpc) is 3.37. The van der Waals surface area contributed by atoms with Gasteiger partial charge in [-0.3, -0.25) is 14.7 Å². The van der Waals surface area contributed by atoms with Gasteiger partial charge in [0, 0.05) is 60.5 Å². The summed E-state index contributed by atoms with van der Waals surface area (Å²) in [5, 5.41) is 6.80. The molecule has 8 heteroatoms. The third-order valence-electron chi connectivity index (χ3n) is 5.58. The fourth-order valence-electron chi connectivity index (χ4n) is 3.91. The Balaban J connectivity index is 0.00000364. The van der Waals surface area contributed by atoms with Crippen LogP contribution in [0.25, 0.3) is 0 Å². The van der Waals surface area contributed by atoms with Gasteiger partial charge in [-0.25, -0.2) is 0 Å². The zero-order chi connectivity index (χ0) is 19.0. The number of carbonyl (C=O) groups excluding carboxylic acids is 1. The Morgan fingerprint density at radius 1 is 1.19 bits per heavy atom. The SMILES string of the molecule is CN=C(NCCN(CCOC)C1CC1)NCC1(C(=O)N(C)C)CCCC1.I. The van der Waals surface area contributed by atoms with E-state index in [1.54, 1.807) is 19.1 Å². The Bertz CT molecular complexity index is 477. The van der Waals surface area contributed by atoms with Crippen molar-refractivity contribution in [3.05, 3.63) is 0 Å². The number of nitrogens with zero attached hydrogens (tertiary/aromatic N) is 3. The number of hydrogen-bond acceptors (Lipinski definition) is 4.